The van der Waals surface area contributed by atoms with E-state index >= 15 is 0 Å². The van der Waals surface area contributed by atoms with E-state index in [2.05, 4.69) is 29.0 Å². The number of hydrogen-bond donors (Lipinski definition) is 1. The predicted octanol–water partition coefficient (Wildman–Crippen LogP) is 5.31. The number of amides is 1. The van der Waals surface area contributed by atoms with Gasteiger partial charge in [-0.25, -0.2) is 4.79 Å². The van der Waals surface area contributed by atoms with E-state index in [1.807, 2.05) is 31.2 Å². The van der Waals surface area contributed by atoms with Crippen LogP contribution in [0.4, 0.5) is 5.00 Å². The first-order chi connectivity index (χ1) is 16.0. The summed E-state index contributed by atoms with van der Waals surface area (Å²) in [6, 6.07) is 7.72. The van der Waals surface area contributed by atoms with Crippen LogP contribution in [-0.2, 0) is 17.8 Å². The molecule has 2 aromatic rings. The fourth-order valence-corrected chi connectivity index (χ4v) is 5.49. The summed E-state index contributed by atoms with van der Waals surface area (Å²) < 4.78 is 5.32. The van der Waals surface area contributed by atoms with Crippen molar-refractivity contribution in [3.8, 4) is 0 Å². The van der Waals surface area contributed by atoms with Crippen LogP contribution in [0.3, 0.4) is 0 Å². The lowest BCUT2D eigenvalue weighted by atomic mass is 10.1. The van der Waals surface area contributed by atoms with E-state index in [1.165, 1.54) is 30.6 Å². The third-order valence-electron chi connectivity index (χ3n) is 6.26. The Morgan fingerprint density at radius 1 is 1.12 bits per heavy atom. The predicted molar refractivity (Wildman–Crippen MR) is 135 cm³/mol. The highest BCUT2D eigenvalue weighted by molar-refractivity contribution is 7.17. The lowest BCUT2D eigenvalue weighted by Crippen LogP contribution is -2.29. The lowest BCUT2D eigenvalue weighted by Gasteiger charge is -2.26. The van der Waals surface area contributed by atoms with Gasteiger partial charge >= 0.3 is 5.97 Å². The van der Waals surface area contributed by atoms with Crippen LogP contribution in [0.5, 0.6) is 0 Å². The zero-order valence-electron chi connectivity index (χ0n) is 20.4. The number of carbonyl (C=O) groups excluding carboxylic acids is 2. The Labute approximate surface area is 201 Å². The molecule has 1 aliphatic rings. The molecule has 33 heavy (non-hydrogen) atoms. The Hall–Kier alpha value is -2.22. The van der Waals surface area contributed by atoms with Crippen LogP contribution >= 0.6 is 11.3 Å². The van der Waals surface area contributed by atoms with E-state index in [9.17, 15) is 9.59 Å². The standard InChI is InChI=1S/C26H37N3O3S/c1-5-28(6-2)17-20-12-11-13-21(16-20)24(30)27-25-23(26(31)32-7-3)19(4)22(33-25)18-29-14-9-8-10-15-29/h11-13,16H,5-10,14-15,17-18H2,1-4H3,(H,27,30). The minimum atomic E-state index is -0.373. The number of nitrogens with zero attached hydrogens (tertiary/aromatic N) is 2. The van der Waals surface area contributed by atoms with Crippen molar-refractivity contribution in [2.24, 2.45) is 0 Å². The number of likely N-dealkylation sites (tertiary alicyclic amines) is 1. The first-order valence-electron chi connectivity index (χ1n) is 12.1. The van der Waals surface area contributed by atoms with Gasteiger partial charge in [0.1, 0.15) is 5.00 Å². The number of ether oxygens (including phenoxy) is 1. The number of benzene rings is 1. The van der Waals surface area contributed by atoms with Crippen LogP contribution in [-0.4, -0.2) is 54.5 Å². The molecule has 0 saturated carbocycles. The van der Waals surface area contributed by atoms with Crippen molar-refractivity contribution in [2.75, 3.05) is 38.1 Å². The van der Waals surface area contributed by atoms with Crippen LogP contribution in [0.25, 0.3) is 0 Å². The number of anilines is 1. The average Bonchev–Trinajstić information content (AvgIpc) is 3.12. The highest BCUT2D eigenvalue weighted by Crippen LogP contribution is 2.35. The summed E-state index contributed by atoms with van der Waals surface area (Å²) in [5.74, 6) is -0.575. The van der Waals surface area contributed by atoms with Gasteiger partial charge in [-0.15, -0.1) is 11.3 Å². The summed E-state index contributed by atoms with van der Waals surface area (Å²) in [6.07, 6.45) is 3.70. The second-order valence-electron chi connectivity index (χ2n) is 8.53. The molecule has 3 rings (SSSR count). The third-order valence-corrected chi connectivity index (χ3v) is 7.45. The molecule has 7 heteroatoms. The molecule has 1 N–H and O–H groups in total. The molecule has 0 spiro atoms. The highest BCUT2D eigenvalue weighted by atomic mass is 32.1. The molecule has 1 aliphatic heterocycles. The van der Waals surface area contributed by atoms with Gasteiger partial charge in [-0.05, 0) is 76.1 Å². The van der Waals surface area contributed by atoms with E-state index < -0.39 is 0 Å². The number of rotatable bonds is 10. The van der Waals surface area contributed by atoms with Crippen LogP contribution in [0.15, 0.2) is 24.3 Å². The van der Waals surface area contributed by atoms with Gasteiger partial charge < -0.3 is 10.1 Å². The summed E-state index contributed by atoms with van der Waals surface area (Å²) in [4.78, 5) is 31.8. The molecule has 1 fully saturated rings. The molecule has 1 amide bonds. The number of thiophene rings is 1. The van der Waals surface area contributed by atoms with E-state index in [-0.39, 0.29) is 11.9 Å². The lowest BCUT2D eigenvalue weighted by molar-refractivity contribution is 0.0527. The van der Waals surface area contributed by atoms with Gasteiger partial charge in [-0.3, -0.25) is 14.6 Å². The largest absolute Gasteiger partial charge is 0.462 e. The van der Waals surface area contributed by atoms with Crippen LogP contribution in [0.2, 0.25) is 0 Å². The van der Waals surface area contributed by atoms with E-state index in [1.54, 1.807) is 6.92 Å². The number of nitrogens with one attached hydrogen (secondary N) is 1. The van der Waals surface area contributed by atoms with Crippen molar-refractivity contribution in [1.82, 2.24) is 9.80 Å². The van der Waals surface area contributed by atoms with Gasteiger partial charge in [0.25, 0.3) is 5.91 Å². The molecule has 180 valence electrons. The Morgan fingerprint density at radius 3 is 2.52 bits per heavy atom. The van der Waals surface area contributed by atoms with Crippen LogP contribution < -0.4 is 5.32 Å². The van der Waals surface area contributed by atoms with Gasteiger partial charge in [0.2, 0.25) is 0 Å². The van der Waals surface area contributed by atoms with Gasteiger partial charge in [-0.1, -0.05) is 32.4 Å². The van der Waals surface area contributed by atoms with Crippen LogP contribution in [0, 0.1) is 6.92 Å². The smallest absolute Gasteiger partial charge is 0.341 e. The molecule has 0 bridgehead atoms. The second-order valence-corrected chi connectivity index (χ2v) is 9.63. The Balaban J connectivity index is 1.83. The summed E-state index contributed by atoms with van der Waals surface area (Å²) in [6.45, 7) is 14.0. The molecule has 0 aliphatic carbocycles. The van der Waals surface area contributed by atoms with Crippen molar-refractivity contribution in [2.45, 2.75) is 60.0 Å². The quantitative estimate of drug-likeness (QED) is 0.476. The third kappa shape index (κ3) is 6.65. The second kappa shape index (κ2) is 12.3. The molecule has 1 aromatic heterocycles. The van der Waals surface area contributed by atoms with Crippen molar-refractivity contribution < 1.29 is 14.3 Å². The van der Waals surface area contributed by atoms with Crippen molar-refractivity contribution in [3.05, 3.63) is 51.4 Å². The van der Waals surface area contributed by atoms with Gasteiger partial charge in [0.15, 0.2) is 0 Å². The van der Waals surface area contributed by atoms with Crippen LogP contribution in [0.1, 0.15) is 76.8 Å². The average molecular weight is 472 g/mol. The monoisotopic (exact) mass is 471 g/mol. The number of carbonyl (C=O) groups is 2. The molecular formula is C26H37N3O3S. The van der Waals surface area contributed by atoms with Crippen molar-refractivity contribution in [3.63, 3.8) is 0 Å². The van der Waals surface area contributed by atoms with Gasteiger partial charge in [-0.2, -0.15) is 0 Å². The molecule has 0 atom stereocenters. The molecule has 6 nitrogen and oxygen atoms in total. The number of piperidine rings is 1. The molecule has 1 aromatic carbocycles. The maximum Gasteiger partial charge on any atom is 0.341 e. The number of hydrogen-bond acceptors (Lipinski definition) is 6. The van der Waals surface area contributed by atoms with E-state index in [0.717, 1.165) is 55.3 Å². The first-order valence-corrected chi connectivity index (χ1v) is 12.9. The minimum Gasteiger partial charge on any atom is -0.462 e. The molecule has 1 saturated heterocycles. The maximum absolute atomic E-state index is 13.2. The maximum atomic E-state index is 13.2. The van der Waals surface area contributed by atoms with E-state index in [0.29, 0.717) is 22.7 Å². The zero-order chi connectivity index (χ0) is 23.8. The Bertz CT molecular complexity index is 946. The Kier molecular flexibility index (Phi) is 9.47. The topological polar surface area (TPSA) is 61.9 Å². The SMILES string of the molecule is CCOC(=O)c1c(NC(=O)c2cccc(CN(CC)CC)c2)sc(CN2CCCCC2)c1C. The highest BCUT2D eigenvalue weighted by Gasteiger charge is 2.25. The summed E-state index contributed by atoms with van der Waals surface area (Å²) in [7, 11) is 0. The molecule has 0 radical (unpaired) electrons. The summed E-state index contributed by atoms with van der Waals surface area (Å²) in [5, 5.41) is 3.60. The number of esters is 1. The van der Waals surface area contributed by atoms with E-state index in [4.69, 9.17) is 4.74 Å². The normalized spacial score (nSPS) is 14.5. The molecule has 0 unspecified atom stereocenters. The summed E-state index contributed by atoms with van der Waals surface area (Å²) in [5.41, 5.74) is 3.10. The fraction of sp³-hybridized carbons (Fsp3) is 0.538. The minimum absolute atomic E-state index is 0.201. The van der Waals surface area contributed by atoms with Gasteiger partial charge in [0.05, 0.1) is 12.2 Å². The summed E-state index contributed by atoms with van der Waals surface area (Å²) >= 11 is 1.50. The zero-order valence-corrected chi connectivity index (χ0v) is 21.2. The molecular weight excluding hydrogens is 434 g/mol. The Morgan fingerprint density at radius 2 is 1.85 bits per heavy atom. The fourth-order valence-electron chi connectivity index (χ4n) is 4.26. The van der Waals surface area contributed by atoms with Gasteiger partial charge in [0, 0.05) is 23.5 Å². The van der Waals surface area contributed by atoms with Crippen molar-refractivity contribution in [1.29, 1.82) is 0 Å². The first kappa shape index (κ1) is 25.4. The van der Waals surface area contributed by atoms with Crippen molar-refractivity contribution >= 4 is 28.2 Å². The molecule has 2 heterocycles.